The van der Waals surface area contributed by atoms with Gasteiger partial charge in [0.15, 0.2) is 5.96 Å². The lowest BCUT2D eigenvalue weighted by Crippen LogP contribution is -2.45. The molecule has 0 aromatic heterocycles. The molecule has 25 heavy (non-hydrogen) atoms. The molecule has 0 fully saturated rings. The maximum atomic E-state index is 5.46. The number of hydrogen-bond donors (Lipinski definition) is 2. The van der Waals surface area contributed by atoms with Gasteiger partial charge in [-0.05, 0) is 52.8 Å². The van der Waals surface area contributed by atoms with Gasteiger partial charge in [-0.3, -0.25) is 4.90 Å². The normalized spacial score (nSPS) is 12.8. The lowest BCUT2D eigenvalue weighted by molar-refractivity contribution is 0.0268. The number of hydrogen-bond acceptors (Lipinski definition) is 3. The van der Waals surface area contributed by atoms with Crippen molar-refractivity contribution < 1.29 is 4.74 Å². The molecule has 0 atom stereocenters. The predicted octanol–water partition coefficient (Wildman–Crippen LogP) is 3.01. The summed E-state index contributed by atoms with van der Waals surface area (Å²) in [7, 11) is 3.89. The number of ether oxygens (including phenoxy) is 1. The maximum absolute atomic E-state index is 5.46. The Kier molecular flexibility index (Phi) is 8.93. The predicted molar refractivity (Wildman–Crippen MR) is 107 cm³/mol. The number of guanidine groups is 1. The first-order chi connectivity index (χ1) is 11.8. The van der Waals surface area contributed by atoms with Gasteiger partial charge in [0, 0.05) is 32.8 Å². The van der Waals surface area contributed by atoms with Gasteiger partial charge in [-0.25, -0.2) is 4.99 Å². The number of aliphatic imine (C=N–C) groups is 1. The van der Waals surface area contributed by atoms with Crippen molar-refractivity contribution in [3.8, 4) is 0 Å². The van der Waals surface area contributed by atoms with Crippen LogP contribution < -0.4 is 10.6 Å². The zero-order valence-corrected chi connectivity index (χ0v) is 17.0. The van der Waals surface area contributed by atoms with E-state index in [-0.39, 0.29) is 5.60 Å². The second-order valence-electron chi connectivity index (χ2n) is 7.29. The molecular formula is C20H36N4O. The van der Waals surface area contributed by atoms with Crippen LogP contribution in [0.2, 0.25) is 0 Å². The smallest absolute Gasteiger partial charge is 0.191 e. The lowest BCUT2D eigenvalue weighted by atomic mass is 10.1. The molecule has 0 radical (unpaired) electrons. The van der Waals surface area contributed by atoms with Crippen LogP contribution in [-0.4, -0.2) is 49.7 Å². The highest BCUT2D eigenvalue weighted by atomic mass is 16.5. The fourth-order valence-corrected chi connectivity index (χ4v) is 2.19. The van der Waals surface area contributed by atoms with E-state index in [1.165, 1.54) is 11.1 Å². The molecule has 0 aliphatic carbocycles. The van der Waals surface area contributed by atoms with E-state index in [0.717, 1.165) is 19.0 Å². The molecule has 0 saturated carbocycles. The summed E-state index contributed by atoms with van der Waals surface area (Å²) in [4.78, 5) is 7.09. The first-order valence-electron chi connectivity index (χ1n) is 9.13. The third-order valence-corrected chi connectivity index (χ3v) is 4.41. The highest BCUT2D eigenvalue weighted by Crippen LogP contribution is 2.13. The highest BCUT2D eigenvalue weighted by Gasteiger charge is 2.16. The highest BCUT2D eigenvalue weighted by molar-refractivity contribution is 5.79. The van der Waals surface area contributed by atoms with Gasteiger partial charge in [-0.2, -0.15) is 0 Å². The van der Waals surface area contributed by atoms with Gasteiger partial charge in [0.25, 0.3) is 0 Å². The van der Waals surface area contributed by atoms with Gasteiger partial charge in [-0.1, -0.05) is 24.3 Å². The average molecular weight is 349 g/mol. The Morgan fingerprint density at radius 1 is 1.20 bits per heavy atom. The monoisotopic (exact) mass is 348 g/mol. The van der Waals surface area contributed by atoms with Gasteiger partial charge in [-0.15, -0.1) is 0 Å². The molecule has 2 N–H and O–H groups in total. The third kappa shape index (κ3) is 7.88. The molecule has 0 heterocycles. The van der Waals surface area contributed by atoms with Gasteiger partial charge >= 0.3 is 0 Å². The molecule has 142 valence electrons. The fraction of sp³-hybridized carbons (Fsp3) is 0.650. The minimum Gasteiger partial charge on any atom is -0.377 e. The van der Waals surface area contributed by atoms with E-state index in [1.807, 2.05) is 0 Å². The minimum absolute atomic E-state index is 0.228. The summed E-state index contributed by atoms with van der Waals surface area (Å²) < 4.78 is 5.46. The third-order valence-electron chi connectivity index (χ3n) is 4.41. The van der Waals surface area contributed by atoms with Crippen LogP contribution in [0.1, 0.15) is 45.7 Å². The van der Waals surface area contributed by atoms with Gasteiger partial charge < -0.3 is 15.4 Å². The Bertz CT molecular complexity index is 540. The summed E-state index contributed by atoms with van der Waals surface area (Å²) in [6, 6.07) is 9.06. The number of nitrogens with one attached hydrogen (secondary N) is 2. The average Bonchev–Trinajstić information content (AvgIpc) is 2.58. The van der Waals surface area contributed by atoms with Crippen molar-refractivity contribution >= 4 is 5.96 Å². The zero-order valence-electron chi connectivity index (χ0n) is 17.0. The molecule has 0 aliphatic heterocycles. The summed E-state index contributed by atoms with van der Waals surface area (Å²) in [5.74, 6) is 0.819. The van der Waals surface area contributed by atoms with E-state index in [0.29, 0.717) is 19.1 Å². The summed E-state index contributed by atoms with van der Waals surface area (Å²) >= 11 is 0. The standard InChI is InChI=1S/C20H36N4O/c1-8-21-19(23-15-20(4,5)25-7)22-13-17-11-9-10-12-18(17)14-24(6)16(2)3/h9-12,16H,8,13-15H2,1-7H3,(H2,21,22,23). The van der Waals surface area contributed by atoms with E-state index in [2.05, 4.69) is 81.5 Å². The lowest BCUT2D eigenvalue weighted by Gasteiger charge is -2.24. The van der Waals surface area contributed by atoms with Crippen LogP contribution in [-0.2, 0) is 17.8 Å². The number of rotatable bonds is 9. The second kappa shape index (κ2) is 10.4. The molecule has 1 aromatic carbocycles. The molecule has 5 heteroatoms. The summed E-state index contributed by atoms with van der Waals surface area (Å²) in [6.07, 6.45) is 0. The fourth-order valence-electron chi connectivity index (χ4n) is 2.19. The molecule has 0 bridgehead atoms. The Balaban J connectivity index is 2.82. The van der Waals surface area contributed by atoms with Crippen molar-refractivity contribution in [1.29, 1.82) is 0 Å². The van der Waals surface area contributed by atoms with Crippen molar-refractivity contribution in [2.75, 3.05) is 27.2 Å². The second-order valence-corrected chi connectivity index (χ2v) is 7.29. The number of benzene rings is 1. The van der Waals surface area contributed by atoms with Crippen molar-refractivity contribution in [2.45, 2.75) is 59.4 Å². The van der Waals surface area contributed by atoms with Crippen LogP contribution in [0.25, 0.3) is 0 Å². The van der Waals surface area contributed by atoms with Gasteiger partial charge in [0.05, 0.1) is 12.1 Å². The van der Waals surface area contributed by atoms with E-state index in [9.17, 15) is 0 Å². The Morgan fingerprint density at radius 3 is 2.40 bits per heavy atom. The van der Waals surface area contributed by atoms with Crippen LogP contribution in [0.5, 0.6) is 0 Å². The summed E-state index contributed by atoms with van der Waals surface area (Å²) in [5.41, 5.74) is 2.36. The van der Waals surface area contributed by atoms with E-state index in [1.54, 1.807) is 7.11 Å². The first kappa shape index (κ1) is 21.5. The SMILES string of the molecule is CCNC(=NCc1ccccc1CN(C)C(C)C)NCC(C)(C)OC. The summed E-state index contributed by atoms with van der Waals surface area (Å²) in [5, 5.41) is 6.66. The van der Waals surface area contributed by atoms with Crippen molar-refractivity contribution in [2.24, 2.45) is 4.99 Å². The van der Waals surface area contributed by atoms with Crippen molar-refractivity contribution in [3.63, 3.8) is 0 Å². The van der Waals surface area contributed by atoms with Crippen molar-refractivity contribution in [1.82, 2.24) is 15.5 Å². The molecular weight excluding hydrogens is 312 g/mol. The Labute approximate surface area is 153 Å². The molecule has 5 nitrogen and oxygen atoms in total. The molecule has 0 amide bonds. The maximum Gasteiger partial charge on any atom is 0.191 e. The van der Waals surface area contributed by atoms with Crippen LogP contribution in [0.3, 0.4) is 0 Å². The zero-order chi connectivity index (χ0) is 18.9. The molecule has 0 unspecified atom stereocenters. The molecule has 0 spiro atoms. The van der Waals surface area contributed by atoms with E-state index < -0.39 is 0 Å². The van der Waals surface area contributed by atoms with Gasteiger partial charge in [0.2, 0.25) is 0 Å². The number of methoxy groups -OCH3 is 1. The van der Waals surface area contributed by atoms with E-state index >= 15 is 0 Å². The minimum atomic E-state index is -0.228. The van der Waals surface area contributed by atoms with Crippen molar-refractivity contribution in [3.05, 3.63) is 35.4 Å². The van der Waals surface area contributed by atoms with Gasteiger partial charge in [0.1, 0.15) is 0 Å². The van der Waals surface area contributed by atoms with Crippen LogP contribution in [0, 0.1) is 0 Å². The number of nitrogens with zero attached hydrogens (tertiary/aromatic N) is 2. The Hall–Kier alpha value is -1.59. The molecule has 0 saturated heterocycles. The van der Waals surface area contributed by atoms with E-state index in [4.69, 9.17) is 9.73 Å². The largest absolute Gasteiger partial charge is 0.377 e. The topological polar surface area (TPSA) is 48.9 Å². The summed E-state index contributed by atoms with van der Waals surface area (Å²) in [6.45, 7) is 13.7. The molecule has 1 aromatic rings. The van der Waals surface area contributed by atoms with Crippen LogP contribution >= 0.6 is 0 Å². The molecule has 0 aliphatic rings. The van der Waals surface area contributed by atoms with Crippen LogP contribution in [0.4, 0.5) is 0 Å². The quantitative estimate of drug-likeness (QED) is 0.532. The Morgan fingerprint density at radius 2 is 1.84 bits per heavy atom. The van der Waals surface area contributed by atoms with Crippen LogP contribution in [0.15, 0.2) is 29.3 Å². The first-order valence-corrected chi connectivity index (χ1v) is 9.13. The molecule has 1 rings (SSSR count).